The first-order valence-corrected chi connectivity index (χ1v) is 9.18. The number of alkyl halides is 1. The normalized spacial score (nSPS) is 18.9. The molecule has 0 aliphatic heterocycles. The number of hydrogen-bond acceptors (Lipinski definition) is 2. The summed E-state index contributed by atoms with van der Waals surface area (Å²) in [6.07, 6.45) is 5.42. The molecule has 0 atom stereocenters. The first kappa shape index (κ1) is 16.1. The summed E-state index contributed by atoms with van der Waals surface area (Å²) in [5.74, 6) is 0.496. The van der Waals surface area contributed by atoms with Gasteiger partial charge in [0.25, 0.3) is 0 Å². The number of hydrogen-bond donors (Lipinski definition) is 1. The van der Waals surface area contributed by atoms with E-state index in [0.29, 0.717) is 17.4 Å². The van der Waals surface area contributed by atoms with E-state index >= 15 is 0 Å². The van der Waals surface area contributed by atoms with Crippen LogP contribution in [0.4, 0.5) is 0 Å². The number of sulfonamides is 1. The lowest BCUT2D eigenvalue weighted by atomic mass is 9.76. The zero-order valence-electron chi connectivity index (χ0n) is 11.2. The van der Waals surface area contributed by atoms with Crippen molar-refractivity contribution in [1.29, 1.82) is 0 Å². The lowest BCUT2D eigenvalue weighted by Gasteiger charge is -2.35. The van der Waals surface area contributed by atoms with Gasteiger partial charge in [-0.3, -0.25) is 0 Å². The van der Waals surface area contributed by atoms with Gasteiger partial charge < -0.3 is 0 Å². The third-order valence-corrected chi connectivity index (χ3v) is 6.19. The van der Waals surface area contributed by atoms with Gasteiger partial charge in [0, 0.05) is 17.4 Å². The summed E-state index contributed by atoms with van der Waals surface area (Å²) in [5.41, 5.74) is -0.0979. The first-order valence-electron chi connectivity index (χ1n) is 6.79. The standard InChI is InChI=1S/C14H19Cl2NO2S/c15-10-14(8-2-1-3-9-14)11-17-20(18,19)13-6-4-12(16)5-7-13/h4-7,17H,1-3,8-11H2. The molecule has 6 heteroatoms. The van der Waals surface area contributed by atoms with Crippen LogP contribution in [-0.2, 0) is 10.0 Å². The van der Waals surface area contributed by atoms with Crippen molar-refractivity contribution >= 4 is 33.2 Å². The molecule has 1 aromatic rings. The largest absolute Gasteiger partial charge is 0.240 e. The van der Waals surface area contributed by atoms with Crippen molar-refractivity contribution in [2.75, 3.05) is 12.4 Å². The van der Waals surface area contributed by atoms with E-state index in [1.54, 1.807) is 12.1 Å². The predicted octanol–water partition coefficient (Wildman–Crippen LogP) is 3.81. The Balaban J connectivity index is 2.06. The minimum absolute atomic E-state index is 0.0979. The SMILES string of the molecule is O=S(=O)(NCC1(CCl)CCCCC1)c1ccc(Cl)cc1. The van der Waals surface area contributed by atoms with Crippen LogP contribution < -0.4 is 4.72 Å². The summed E-state index contributed by atoms with van der Waals surface area (Å²) in [6.45, 7) is 0.404. The van der Waals surface area contributed by atoms with Crippen LogP contribution in [0, 0.1) is 5.41 Å². The minimum atomic E-state index is -3.49. The van der Waals surface area contributed by atoms with Crippen molar-refractivity contribution in [3.63, 3.8) is 0 Å². The molecule has 20 heavy (non-hydrogen) atoms. The van der Waals surface area contributed by atoms with Crippen molar-refractivity contribution in [3.8, 4) is 0 Å². The summed E-state index contributed by atoms with van der Waals surface area (Å²) in [6, 6.07) is 6.18. The minimum Gasteiger partial charge on any atom is -0.211 e. The third-order valence-electron chi connectivity index (χ3n) is 3.96. The fourth-order valence-corrected chi connectivity index (χ4v) is 4.25. The third kappa shape index (κ3) is 3.88. The molecule has 0 bridgehead atoms. The smallest absolute Gasteiger partial charge is 0.211 e. The van der Waals surface area contributed by atoms with E-state index in [2.05, 4.69) is 4.72 Å². The van der Waals surface area contributed by atoms with E-state index in [9.17, 15) is 8.42 Å². The highest BCUT2D eigenvalue weighted by Crippen LogP contribution is 2.37. The Morgan fingerprint density at radius 3 is 2.25 bits per heavy atom. The van der Waals surface area contributed by atoms with Crippen LogP contribution in [0.3, 0.4) is 0 Å². The maximum atomic E-state index is 12.2. The van der Waals surface area contributed by atoms with Crippen molar-refractivity contribution in [2.24, 2.45) is 5.41 Å². The van der Waals surface area contributed by atoms with E-state index in [1.807, 2.05) is 0 Å². The molecule has 1 saturated carbocycles. The van der Waals surface area contributed by atoms with Crippen molar-refractivity contribution in [3.05, 3.63) is 29.3 Å². The van der Waals surface area contributed by atoms with Gasteiger partial charge in [0.1, 0.15) is 0 Å². The number of halogens is 2. The molecule has 1 aliphatic rings. The molecule has 0 aromatic heterocycles. The molecule has 1 N–H and O–H groups in total. The molecular formula is C14H19Cl2NO2S. The summed E-state index contributed by atoms with van der Waals surface area (Å²) in [5, 5.41) is 0.522. The summed E-state index contributed by atoms with van der Waals surface area (Å²) in [7, 11) is -3.49. The molecule has 0 unspecified atom stereocenters. The van der Waals surface area contributed by atoms with Gasteiger partial charge in [-0.25, -0.2) is 13.1 Å². The fourth-order valence-electron chi connectivity index (χ4n) is 2.60. The van der Waals surface area contributed by atoms with Gasteiger partial charge in [0.15, 0.2) is 0 Å². The van der Waals surface area contributed by atoms with Crippen molar-refractivity contribution in [2.45, 2.75) is 37.0 Å². The fraction of sp³-hybridized carbons (Fsp3) is 0.571. The molecule has 0 radical (unpaired) electrons. The van der Waals surface area contributed by atoms with Gasteiger partial charge in [-0.15, -0.1) is 11.6 Å². The zero-order valence-corrected chi connectivity index (χ0v) is 13.6. The molecule has 1 aromatic carbocycles. The molecular weight excluding hydrogens is 317 g/mol. The lowest BCUT2D eigenvalue weighted by molar-refractivity contribution is 0.223. The van der Waals surface area contributed by atoms with E-state index in [4.69, 9.17) is 23.2 Å². The second-order valence-electron chi connectivity index (χ2n) is 5.47. The predicted molar refractivity (Wildman–Crippen MR) is 82.9 cm³/mol. The molecule has 1 fully saturated rings. The van der Waals surface area contributed by atoms with Gasteiger partial charge in [0.05, 0.1) is 4.90 Å². The van der Waals surface area contributed by atoms with E-state index < -0.39 is 10.0 Å². The molecule has 0 amide bonds. The van der Waals surface area contributed by atoms with Gasteiger partial charge in [-0.05, 0) is 42.5 Å². The van der Waals surface area contributed by atoms with Crippen molar-refractivity contribution in [1.82, 2.24) is 4.72 Å². The molecule has 0 spiro atoms. The first-order chi connectivity index (χ1) is 9.47. The molecule has 2 rings (SSSR count). The highest BCUT2D eigenvalue weighted by Gasteiger charge is 2.32. The molecule has 112 valence electrons. The Bertz CT molecular complexity index is 537. The molecule has 1 aliphatic carbocycles. The van der Waals surface area contributed by atoms with Crippen LogP contribution in [0.5, 0.6) is 0 Å². The van der Waals surface area contributed by atoms with Crippen LogP contribution in [-0.4, -0.2) is 20.8 Å². The van der Waals surface area contributed by atoms with E-state index in [0.717, 1.165) is 25.7 Å². The molecule has 0 heterocycles. The topological polar surface area (TPSA) is 46.2 Å². The Labute approximate surface area is 130 Å². The van der Waals surface area contributed by atoms with Crippen LogP contribution in [0.15, 0.2) is 29.2 Å². The van der Waals surface area contributed by atoms with Gasteiger partial charge in [-0.1, -0.05) is 30.9 Å². The second kappa shape index (κ2) is 6.65. The Hall–Kier alpha value is -0.290. The monoisotopic (exact) mass is 335 g/mol. The maximum absolute atomic E-state index is 12.2. The average Bonchev–Trinajstić information content (AvgIpc) is 2.47. The highest BCUT2D eigenvalue weighted by molar-refractivity contribution is 7.89. The second-order valence-corrected chi connectivity index (χ2v) is 7.94. The number of nitrogens with one attached hydrogen (secondary N) is 1. The zero-order chi connectivity index (χ0) is 14.6. The Morgan fingerprint density at radius 2 is 1.70 bits per heavy atom. The van der Waals surface area contributed by atoms with Crippen LogP contribution in [0.25, 0.3) is 0 Å². The highest BCUT2D eigenvalue weighted by atomic mass is 35.5. The summed E-state index contributed by atoms with van der Waals surface area (Å²) < 4.78 is 27.2. The number of benzene rings is 1. The van der Waals surface area contributed by atoms with Gasteiger partial charge >= 0.3 is 0 Å². The van der Waals surface area contributed by atoms with E-state index in [-0.39, 0.29) is 10.3 Å². The van der Waals surface area contributed by atoms with Gasteiger partial charge in [0.2, 0.25) is 10.0 Å². The van der Waals surface area contributed by atoms with Crippen LogP contribution in [0.1, 0.15) is 32.1 Å². The quantitative estimate of drug-likeness (QED) is 0.831. The summed E-state index contributed by atoms with van der Waals surface area (Å²) >= 11 is 11.9. The molecule has 3 nitrogen and oxygen atoms in total. The average molecular weight is 336 g/mol. The number of rotatable bonds is 5. The summed E-state index contributed by atoms with van der Waals surface area (Å²) in [4.78, 5) is 0.238. The van der Waals surface area contributed by atoms with Crippen LogP contribution in [0.2, 0.25) is 5.02 Å². The Kier molecular flexibility index (Phi) is 5.35. The lowest BCUT2D eigenvalue weighted by Crippen LogP contribution is -2.40. The maximum Gasteiger partial charge on any atom is 0.240 e. The van der Waals surface area contributed by atoms with E-state index in [1.165, 1.54) is 18.6 Å². The van der Waals surface area contributed by atoms with Crippen molar-refractivity contribution < 1.29 is 8.42 Å². The van der Waals surface area contributed by atoms with Crippen LogP contribution >= 0.6 is 23.2 Å². The Morgan fingerprint density at radius 1 is 1.10 bits per heavy atom. The van der Waals surface area contributed by atoms with Gasteiger partial charge in [-0.2, -0.15) is 0 Å². The molecule has 0 saturated heterocycles.